The quantitative estimate of drug-likeness (QED) is 0.621. The van der Waals surface area contributed by atoms with Crippen molar-refractivity contribution >= 4 is 29.0 Å². The minimum absolute atomic E-state index is 0.210. The van der Waals surface area contributed by atoms with E-state index >= 15 is 0 Å². The summed E-state index contributed by atoms with van der Waals surface area (Å²) in [5.41, 5.74) is 0.274. The molecule has 0 spiro atoms. The number of benzene rings is 1. The van der Waals surface area contributed by atoms with Crippen molar-refractivity contribution in [3.8, 4) is 0 Å². The molecule has 2 aromatic rings. The maximum Gasteiger partial charge on any atom is 0.407 e. The van der Waals surface area contributed by atoms with Crippen LogP contribution in [0.5, 0.6) is 0 Å². The largest absolute Gasteiger partial charge is 0.457 e. The molecule has 0 unspecified atom stereocenters. The molecule has 0 aliphatic carbocycles. The monoisotopic (exact) mass is 344 g/mol. The van der Waals surface area contributed by atoms with Gasteiger partial charge in [-0.3, -0.25) is 4.79 Å². The maximum absolute atomic E-state index is 11.8. The van der Waals surface area contributed by atoms with E-state index in [4.69, 9.17) is 9.15 Å². The van der Waals surface area contributed by atoms with Gasteiger partial charge in [0, 0.05) is 24.6 Å². The van der Waals surface area contributed by atoms with Crippen LogP contribution in [0.2, 0.25) is 0 Å². The van der Waals surface area contributed by atoms with E-state index in [-0.39, 0.29) is 5.91 Å². The second kappa shape index (κ2) is 8.37. The van der Waals surface area contributed by atoms with Crippen LogP contribution in [0, 0.1) is 0 Å². The van der Waals surface area contributed by atoms with Crippen molar-refractivity contribution in [3.63, 3.8) is 0 Å². The van der Waals surface area contributed by atoms with Gasteiger partial charge in [0.05, 0.1) is 0 Å². The van der Waals surface area contributed by atoms with E-state index in [2.05, 4.69) is 10.6 Å². The highest BCUT2D eigenvalue weighted by molar-refractivity contribution is 5.92. The number of fused-ring (bicyclic) bond motifs is 1. The molecule has 0 aliphatic rings. The van der Waals surface area contributed by atoms with Gasteiger partial charge >= 0.3 is 6.09 Å². The van der Waals surface area contributed by atoms with E-state index in [0.29, 0.717) is 25.3 Å². The third-order valence-corrected chi connectivity index (χ3v) is 3.16. The molecule has 0 saturated carbocycles. The van der Waals surface area contributed by atoms with Crippen molar-refractivity contribution in [2.45, 2.75) is 32.8 Å². The molecule has 2 rings (SSSR count). The maximum atomic E-state index is 11.8. The number of hydrogen-bond donors (Lipinski definition) is 2. The molecule has 6 nitrogen and oxygen atoms in total. The lowest BCUT2D eigenvalue weighted by Crippen LogP contribution is -2.34. The zero-order valence-corrected chi connectivity index (χ0v) is 14.8. The fourth-order valence-corrected chi connectivity index (χ4v) is 2.11. The van der Waals surface area contributed by atoms with Crippen LogP contribution in [0.25, 0.3) is 17.0 Å². The Hall–Kier alpha value is -2.76. The van der Waals surface area contributed by atoms with Crippen molar-refractivity contribution in [2.75, 3.05) is 13.1 Å². The molecule has 0 radical (unpaired) electrons. The average Bonchev–Trinajstić information content (AvgIpc) is 2.93. The summed E-state index contributed by atoms with van der Waals surface area (Å²) in [4.78, 5) is 23.2. The van der Waals surface area contributed by atoms with Crippen molar-refractivity contribution in [2.24, 2.45) is 0 Å². The summed E-state index contributed by atoms with van der Waals surface area (Å²) < 4.78 is 10.7. The molecule has 2 N–H and O–H groups in total. The fraction of sp³-hybridized carbons (Fsp3) is 0.368. The smallest absolute Gasteiger partial charge is 0.407 e. The van der Waals surface area contributed by atoms with Crippen molar-refractivity contribution < 1.29 is 18.7 Å². The average molecular weight is 344 g/mol. The van der Waals surface area contributed by atoms with Crippen LogP contribution in [-0.2, 0) is 9.53 Å². The number of ether oxygens (including phenoxy) is 1. The second-order valence-electron chi connectivity index (χ2n) is 6.59. The summed E-state index contributed by atoms with van der Waals surface area (Å²) in [7, 11) is 0. The molecule has 1 aromatic heterocycles. The SMILES string of the molecule is CC(C)(C)OC(=O)NCCCNC(=O)/C=C/c1cc2ccccc2o1. The molecule has 0 fully saturated rings. The summed E-state index contributed by atoms with van der Waals surface area (Å²) in [6.07, 6.45) is 3.22. The predicted octanol–water partition coefficient (Wildman–Crippen LogP) is 3.48. The second-order valence-corrected chi connectivity index (χ2v) is 6.59. The van der Waals surface area contributed by atoms with E-state index in [0.717, 1.165) is 11.0 Å². The van der Waals surface area contributed by atoms with Crippen LogP contribution < -0.4 is 10.6 Å². The van der Waals surface area contributed by atoms with Gasteiger partial charge in [-0.25, -0.2) is 4.79 Å². The summed E-state index contributed by atoms with van der Waals surface area (Å²) in [6, 6.07) is 9.54. The third-order valence-electron chi connectivity index (χ3n) is 3.16. The Labute approximate surface area is 147 Å². The molecule has 25 heavy (non-hydrogen) atoms. The number of rotatable bonds is 6. The highest BCUT2D eigenvalue weighted by atomic mass is 16.6. The predicted molar refractivity (Wildman–Crippen MR) is 97.1 cm³/mol. The van der Waals surface area contributed by atoms with Crippen LogP contribution in [0.15, 0.2) is 40.8 Å². The Morgan fingerprint density at radius 2 is 1.88 bits per heavy atom. The van der Waals surface area contributed by atoms with Gasteiger partial charge in [0.2, 0.25) is 5.91 Å². The molecule has 2 amide bonds. The van der Waals surface area contributed by atoms with Gasteiger partial charge < -0.3 is 19.8 Å². The molecule has 134 valence electrons. The molecule has 0 atom stereocenters. The Morgan fingerprint density at radius 1 is 1.16 bits per heavy atom. The Balaban J connectivity index is 1.66. The van der Waals surface area contributed by atoms with Crippen molar-refractivity contribution in [1.82, 2.24) is 10.6 Å². The number of nitrogens with one attached hydrogen (secondary N) is 2. The van der Waals surface area contributed by atoms with E-state index in [9.17, 15) is 9.59 Å². The molecular weight excluding hydrogens is 320 g/mol. The minimum Gasteiger partial charge on any atom is -0.457 e. The van der Waals surface area contributed by atoms with Crippen molar-refractivity contribution in [3.05, 3.63) is 42.2 Å². The first-order valence-corrected chi connectivity index (χ1v) is 8.25. The van der Waals surface area contributed by atoms with Crippen LogP contribution >= 0.6 is 0 Å². The summed E-state index contributed by atoms with van der Waals surface area (Å²) in [5, 5.41) is 6.39. The minimum atomic E-state index is -0.514. The molecular formula is C19H24N2O4. The first-order valence-electron chi connectivity index (χ1n) is 8.25. The highest BCUT2D eigenvalue weighted by Crippen LogP contribution is 2.19. The number of para-hydroxylation sites is 1. The topological polar surface area (TPSA) is 80.6 Å². The Kier molecular flexibility index (Phi) is 6.22. The lowest BCUT2D eigenvalue weighted by atomic mass is 10.2. The summed E-state index contributed by atoms with van der Waals surface area (Å²) in [5.74, 6) is 0.417. The van der Waals surface area contributed by atoms with Gasteiger partial charge in [0.25, 0.3) is 0 Å². The molecule has 0 saturated heterocycles. The number of hydrogen-bond acceptors (Lipinski definition) is 4. The van der Waals surface area contributed by atoms with E-state index < -0.39 is 11.7 Å². The first-order chi connectivity index (χ1) is 11.8. The zero-order valence-electron chi connectivity index (χ0n) is 14.8. The van der Waals surface area contributed by atoms with Crippen molar-refractivity contribution in [1.29, 1.82) is 0 Å². The summed E-state index contributed by atoms with van der Waals surface area (Å²) in [6.45, 7) is 6.31. The molecule has 0 bridgehead atoms. The zero-order chi connectivity index (χ0) is 18.3. The van der Waals surface area contributed by atoms with Crippen LogP contribution in [0.4, 0.5) is 4.79 Å². The van der Waals surface area contributed by atoms with E-state index in [1.165, 1.54) is 6.08 Å². The van der Waals surface area contributed by atoms with Crippen LogP contribution in [0.1, 0.15) is 33.0 Å². The molecule has 0 aliphatic heterocycles. The number of alkyl carbamates (subject to hydrolysis) is 1. The standard InChI is InChI=1S/C19H24N2O4/c1-19(2,3)25-18(23)21-12-6-11-20-17(22)10-9-15-13-14-7-4-5-8-16(14)24-15/h4-5,7-10,13H,6,11-12H2,1-3H3,(H,20,22)(H,21,23)/b10-9+. The summed E-state index contributed by atoms with van der Waals surface area (Å²) >= 11 is 0. The highest BCUT2D eigenvalue weighted by Gasteiger charge is 2.15. The van der Waals surface area contributed by atoms with Gasteiger partial charge in [-0.15, -0.1) is 0 Å². The van der Waals surface area contributed by atoms with Gasteiger partial charge in [-0.05, 0) is 45.4 Å². The van der Waals surface area contributed by atoms with Gasteiger partial charge in [0.1, 0.15) is 16.9 Å². The molecule has 1 heterocycles. The van der Waals surface area contributed by atoms with Crippen LogP contribution in [0.3, 0.4) is 0 Å². The fourth-order valence-electron chi connectivity index (χ4n) is 2.11. The van der Waals surface area contributed by atoms with Gasteiger partial charge in [0.15, 0.2) is 0 Å². The lowest BCUT2D eigenvalue weighted by Gasteiger charge is -2.19. The first kappa shape index (κ1) is 18.6. The lowest BCUT2D eigenvalue weighted by molar-refractivity contribution is -0.116. The third kappa shape index (κ3) is 6.71. The Morgan fingerprint density at radius 3 is 2.60 bits per heavy atom. The Bertz CT molecular complexity index is 723. The number of carbonyl (C=O) groups excluding carboxylic acids is 2. The molecule has 1 aromatic carbocycles. The number of amides is 2. The van der Waals surface area contributed by atoms with Gasteiger partial charge in [-0.1, -0.05) is 18.2 Å². The van der Waals surface area contributed by atoms with Gasteiger partial charge in [-0.2, -0.15) is 0 Å². The van der Waals surface area contributed by atoms with E-state index in [1.54, 1.807) is 26.8 Å². The van der Waals surface area contributed by atoms with E-state index in [1.807, 2.05) is 30.3 Å². The molecule has 6 heteroatoms. The normalized spacial score (nSPS) is 11.6. The van der Waals surface area contributed by atoms with Crippen LogP contribution in [-0.4, -0.2) is 30.7 Å². The number of furan rings is 1. The number of carbonyl (C=O) groups is 2.